The Bertz CT molecular complexity index is 747. The van der Waals surface area contributed by atoms with E-state index in [0.29, 0.717) is 28.1 Å². The van der Waals surface area contributed by atoms with Gasteiger partial charge in [-0.15, -0.1) is 11.3 Å². The van der Waals surface area contributed by atoms with Crippen LogP contribution in [0.3, 0.4) is 0 Å². The lowest BCUT2D eigenvalue weighted by Gasteiger charge is -2.22. The van der Waals surface area contributed by atoms with E-state index in [9.17, 15) is 9.59 Å². The van der Waals surface area contributed by atoms with Crippen molar-refractivity contribution in [3.8, 4) is 0 Å². The number of hydrogen-bond donors (Lipinski definition) is 1. The predicted molar refractivity (Wildman–Crippen MR) is 95.2 cm³/mol. The Morgan fingerprint density at radius 3 is 3.00 bits per heavy atom. The molecular weight excluding hydrogens is 330 g/mol. The van der Waals surface area contributed by atoms with Crippen LogP contribution < -0.4 is 10.9 Å². The Morgan fingerprint density at radius 1 is 1.43 bits per heavy atom. The number of hydrogen-bond acceptors (Lipinski definition) is 5. The van der Waals surface area contributed by atoms with Gasteiger partial charge in [-0.1, -0.05) is 31.0 Å². The first kappa shape index (κ1) is 16.5. The zero-order valence-electron chi connectivity index (χ0n) is 13.2. The van der Waals surface area contributed by atoms with Crippen molar-refractivity contribution in [3.63, 3.8) is 0 Å². The van der Waals surface area contributed by atoms with Crippen LogP contribution in [0.4, 0.5) is 0 Å². The zero-order chi connectivity index (χ0) is 16.2. The summed E-state index contributed by atoms with van der Waals surface area (Å²) in [4.78, 5) is 28.7. The number of carbonyl (C=O) groups excluding carboxylic acids is 1. The lowest BCUT2D eigenvalue weighted by Crippen LogP contribution is -2.36. The molecule has 1 aliphatic rings. The second-order valence-corrected chi connectivity index (χ2v) is 7.87. The predicted octanol–water partition coefficient (Wildman–Crippen LogP) is 2.93. The van der Waals surface area contributed by atoms with Crippen LogP contribution in [0.1, 0.15) is 38.5 Å². The lowest BCUT2D eigenvalue weighted by atomic mass is 9.95. The van der Waals surface area contributed by atoms with E-state index in [4.69, 9.17) is 0 Å². The Balaban J connectivity index is 1.55. The second-order valence-electron chi connectivity index (χ2n) is 5.89. The summed E-state index contributed by atoms with van der Waals surface area (Å²) in [7, 11) is 1.74. The van der Waals surface area contributed by atoms with E-state index >= 15 is 0 Å². The van der Waals surface area contributed by atoms with Crippen LogP contribution in [0.25, 0.3) is 10.2 Å². The highest BCUT2D eigenvalue weighted by Gasteiger charge is 2.16. The fourth-order valence-electron chi connectivity index (χ4n) is 2.88. The van der Waals surface area contributed by atoms with Crippen molar-refractivity contribution in [1.29, 1.82) is 0 Å². The third-order valence-corrected chi connectivity index (χ3v) is 6.10. The summed E-state index contributed by atoms with van der Waals surface area (Å²) in [5, 5.41) is 5.67. The molecule has 124 valence electrons. The van der Waals surface area contributed by atoms with Gasteiger partial charge in [-0.05, 0) is 24.3 Å². The average Bonchev–Trinajstić information content (AvgIpc) is 3.01. The Hall–Kier alpha value is -1.34. The number of carbonyl (C=O) groups is 1. The first-order valence-corrected chi connectivity index (χ1v) is 9.88. The first-order valence-electron chi connectivity index (χ1n) is 8.01. The van der Waals surface area contributed by atoms with Gasteiger partial charge in [0.2, 0.25) is 5.91 Å². The maximum atomic E-state index is 12.2. The van der Waals surface area contributed by atoms with Gasteiger partial charge < -0.3 is 5.32 Å². The van der Waals surface area contributed by atoms with Crippen LogP contribution in [0.5, 0.6) is 0 Å². The van der Waals surface area contributed by atoms with E-state index in [2.05, 4.69) is 10.3 Å². The van der Waals surface area contributed by atoms with E-state index in [1.54, 1.807) is 11.6 Å². The van der Waals surface area contributed by atoms with Crippen molar-refractivity contribution in [1.82, 2.24) is 14.9 Å². The number of nitrogens with one attached hydrogen (secondary N) is 1. The molecule has 0 bridgehead atoms. The van der Waals surface area contributed by atoms with Crippen molar-refractivity contribution < 1.29 is 4.79 Å². The molecule has 0 radical (unpaired) electrons. The highest BCUT2D eigenvalue weighted by molar-refractivity contribution is 7.99. The van der Waals surface area contributed by atoms with E-state index in [-0.39, 0.29) is 11.5 Å². The quantitative estimate of drug-likeness (QED) is 0.664. The smallest absolute Gasteiger partial charge is 0.271 e. The van der Waals surface area contributed by atoms with Gasteiger partial charge in [0.15, 0.2) is 5.16 Å². The van der Waals surface area contributed by atoms with Crippen LogP contribution in [0, 0.1) is 0 Å². The summed E-state index contributed by atoms with van der Waals surface area (Å²) in [5.74, 6) is 0.736. The summed E-state index contributed by atoms with van der Waals surface area (Å²) in [5.41, 5.74) is 0.728. The molecule has 1 aliphatic carbocycles. The molecule has 5 nitrogen and oxygen atoms in total. The molecule has 1 fully saturated rings. The van der Waals surface area contributed by atoms with Crippen molar-refractivity contribution in [2.75, 3.05) is 5.75 Å². The van der Waals surface area contributed by atoms with Crippen LogP contribution in [-0.4, -0.2) is 27.3 Å². The third-order valence-electron chi connectivity index (χ3n) is 4.18. The minimum Gasteiger partial charge on any atom is -0.353 e. The molecule has 3 rings (SSSR count). The number of rotatable bonds is 5. The molecule has 23 heavy (non-hydrogen) atoms. The fourth-order valence-corrected chi connectivity index (χ4v) is 4.59. The number of thioether (sulfide) groups is 1. The number of aromatic nitrogens is 2. The summed E-state index contributed by atoms with van der Waals surface area (Å²) in [6.07, 6.45) is 6.37. The van der Waals surface area contributed by atoms with E-state index < -0.39 is 0 Å². The summed E-state index contributed by atoms with van der Waals surface area (Å²) < 4.78 is 2.26. The molecule has 1 N–H and O–H groups in total. The molecular formula is C16H21N3O2S2. The molecule has 2 heterocycles. The number of thiophene rings is 1. The summed E-state index contributed by atoms with van der Waals surface area (Å²) in [6.45, 7) is 0. The van der Waals surface area contributed by atoms with Crippen molar-refractivity contribution in [3.05, 3.63) is 21.8 Å². The maximum Gasteiger partial charge on any atom is 0.271 e. The van der Waals surface area contributed by atoms with Gasteiger partial charge in [0.05, 0.1) is 5.52 Å². The van der Waals surface area contributed by atoms with Crippen LogP contribution in [0.2, 0.25) is 0 Å². The van der Waals surface area contributed by atoms with E-state index in [0.717, 1.165) is 18.4 Å². The highest BCUT2D eigenvalue weighted by atomic mass is 32.2. The van der Waals surface area contributed by atoms with E-state index in [1.807, 2.05) is 11.4 Å². The Kier molecular flexibility index (Phi) is 5.38. The monoisotopic (exact) mass is 351 g/mol. The summed E-state index contributed by atoms with van der Waals surface area (Å²) in [6, 6.07) is 2.22. The van der Waals surface area contributed by atoms with Crippen molar-refractivity contribution in [2.24, 2.45) is 7.05 Å². The molecule has 1 saturated carbocycles. The molecule has 1 amide bonds. The molecule has 2 aromatic heterocycles. The molecule has 0 unspecified atom stereocenters. The molecule has 0 spiro atoms. The maximum absolute atomic E-state index is 12.2. The van der Waals surface area contributed by atoms with Crippen LogP contribution in [0.15, 0.2) is 21.4 Å². The molecule has 2 aromatic rings. The molecule has 0 aliphatic heterocycles. The lowest BCUT2D eigenvalue weighted by molar-refractivity contribution is -0.121. The summed E-state index contributed by atoms with van der Waals surface area (Å²) >= 11 is 2.88. The van der Waals surface area contributed by atoms with Gasteiger partial charge in [-0.2, -0.15) is 0 Å². The van der Waals surface area contributed by atoms with Gasteiger partial charge in [0.1, 0.15) is 4.70 Å². The topological polar surface area (TPSA) is 64.0 Å². The highest BCUT2D eigenvalue weighted by Crippen LogP contribution is 2.21. The van der Waals surface area contributed by atoms with Gasteiger partial charge >= 0.3 is 0 Å². The van der Waals surface area contributed by atoms with E-state index in [1.165, 1.54) is 42.4 Å². The SMILES string of the molecule is Cn1c(SCCC(=O)NC2CCCCC2)nc2ccsc2c1=O. The Labute approximate surface area is 143 Å². The normalized spacial score (nSPS) is 15.9. The van der Waals surface area contributed by atoms with Gasteiger partial charge in [0.25, 0.3) is 5.56 Å². The largest absolute Gasteiger partial charge is 0.353 e. The van der Waals surface area contributed by atoms with Crippen molar-refractivity contribution >= 4 is 39.2 Å². The first-order chi connectivity index (χ1) is 11.1. The third kappa shape index (κ3) is 3.95. The minimum atomic E-state index is -0.0147. The minimum absolute atomic E-state index is 0.0147. The average molecular weight is 351 g/mol. The molecule has 0 saturated heterocycles. The standard InChI is InChI=1S/C16H21N3O2S2/c1-19-15(21)14-12(7-9-22-14)18-16(19)23-10-8-13(20)17-11-5-3-2-4-6-11/h7,9,11H,2-6,8,10H2,1H3,(H,17,20). The van der Waals surface area contributed by atoms with Crippen LogP contribution >= 0.6 is 23.1 Å². The fraction of sp³-hybridized carbons (Fsp3) is 0.562. The molecule has 0 atom stereocenters. The molecule has 7 heteroatoms. The number of amides is 1. The van der Waals surface area contributed by atoms with Crippen molar-refractivity contribution in [2.45, 2.75) is 49.7 Å². The van der Waals surface area contributed by atoms with Gasteiger partial charge in [-0.25, -0.2) is 4.98 Å². The van der Waals surface area contributed by atoms with Gasteiger partial charge in [0, 0.05) is 25.3 Å². The molecule has 0 aromatic carbocycles. The Morgan fingerprint density at radius 2 is 2.22 bits per heavy atom. The van der Waals surface area contributed by atoms with Crippen LogP contribution in [-0.2, 0) is 11.8 Å². The zero-order valence-corrected chi connectivity index (χ0v) is 14.8. The number of nitrogens with zero attached hydrogens (tertiary/aromatic N) is 2. The second kappa shape index (κ2) is 7.49. The van der Waals surface area contributed by atoms with Gasteiger partial charge in [-0.3, -0.25) is 14.2 Å². The number of fused-ring (bicyclic) bond motifs is 1.